The van der Waals surface area contributed by atoms with Crippen LogP contribution in [-0.2, 0) is 18.3 Å². The maximum Gasteiger partial charge on any atom is 0.247 e. The summed E-state index contributed by atoms with van der Waals surface area (Å²) < 4.78 is 12.6. The van der Waals surface area contributed by atoms with E-state index in [1.165, 1.54) is 0 Å². The van der Waals surface area contributed by atoms with Gasteiger partial charge >= 0.3 is 0 Å². The highest BCUT2D eigenvalue weighted by atomic mass is 16.5. The van der Waals surface area contributed by atoms with Crippen molar-refractivity contribution in [2.24, 2.45) is 7.05 Å². The van der Waals surface area contributed by atoms with E-state index in [4.69, 9.17) is 9.15 Å². The van der Waals surface area contributed by atoms with Crippen LogP contribution in [0, 0.1) is 20.8 Å². The predicted molar refractivity (Wildman–Crippen MR) is 101 cm³/mol. The lowest BCUT2D eigenvalue weighted by atomic mass is 10.1. The second-order valence-electron chi connectivity index (χ2n) is 6.36. The minimum Gasteiger partial charge on any atom is -0.495 e. The number of aryl methyl sites for hydroxylation is 3. The number of methoxy groups -OCH3 is 1. The van der Waals surface area contributed by atoms with E-state index in [0.29, 0.717) is 41.6 Å². The van der Waals surface area contributed by atoms with Crippen LogP contribution in [-0.4, -0.2) is 33.0 Å². The molecule has 0 saturated carbocycles. The van der Waals surface area contributed by atoms with Gasteiger partial charge in [-0.2, -0.15) is 5.10 Å². The van der Waals surface area contributed by atoms with Crippen molar-refractivity contribution >= 4 is 11.6 Å². The Balaban J connectivity index is 1.74. The zero-order valence-corrected chi connectivity index (χ0v) is 16.2. The molecule has 0 saturated heterocycles. The van der Waals surface area contributed by atoms with Gasteiger partial charge in [-0.05, 0) is 44.0 Å². The van der Waals surface area contributed by atoms with Gasteiger partial charge in [-0.1, -0.05) is 0 Å². The van der Waals surface area contributed by atoms with Crippen LogP contribution in [0.1, 0.15) is 29.3 Å². The Morgan fingerprint density at radius 1 is 1.26 bits per heavy atom. The molecule has 0 radical (unpaired) electrons. The van der Waals surface area contributed by atoms with Gasteiger partial charge in [0.1, 0.15) is 5.75 Å². The molecule has 142 valence electrons. The molecule has 27 heavy (non-hydrogen) atoms. The second-order valence-corrected chi connectivity index (χ2v) is 6.36. The molecule has 1 aromatic carbocycles. The van der Waals surface area contributed by atoms with E-state index in [2.05, 4.69) is 20.6 Å². The first-order valence-corrected chi connectivity index (χ1v) is 8.66. The fraction of sp³-hybridized carbons (Fsp3) is 0.368. The van der Waals surface area contributed by atoms with Crippen molar-refractivity contribution in [2.45, 2.75) is 33.6 Å². The van der Waals surface area contributed by atoms with E-state index in [0.717, 1.165) is 17.0 Å². The third-order valence-corrected chi connectivity index (χ3v) is 4.51. The number of amides is 1. The first kappa shape index (κ1) is 18.6. The molecule has 0 aliphatic rings. The summed E-state index contributed by atoms with van der Waals surface area (Å²) in [6, 6.07) is 5.34. The normalized spacial score (nSPS) is 10.9. The largest absolute Gasteiger partial charge is 0.495 e. The molecule has 0 atom stereocenters. The van der Waals surface area contributed by atoms with E-state index in [1.807, 2.05) is 31.6 Å². The summed E-state index contributed by atoms with van der Waals surface area (Å²) in [5, 5.41) is 15.1. The summed E-state index contributed by atoms with van der Waals surface area (Å²) in [4.78, 5) is 12.5. The topological polar surface area (TPSA) is 95.1 Å². The van der Waals surface area contributed by atoms with Crippen LogP contribution in [0.15, 0.2) is 22.6 Å². The molecule has 0 aliphatic carbocycles. The summed E-state index contributed by atoms with van der Waals surface area (Å²) in [6.07, 6.45) is 0.975. The van der Waals surface area contributed by atoms with Crippen LogP contribution in [0.4, 0.5) is 5.69 Å². The number of carbonyl (C=O) groups excluding carboxylic acids is 1. The Labute approximate surface area is 157 Å². The zero-order chi connectivity index (χ0) is 19.6. The number of carbonyl (C=O) groups is 1. The van der Waals surface area contributed by atoms with E-state index in [1.54, 1.807) is 26.2 Å². The summed E-state index contributed by atoms with van der Waals surface area (Å²) in [7, 11) is 3.46. The van der Waals surface area contributed by atoms with Crippen molar-refractivity contribution in [1.82, 2.24) is 20.0 Å². The SMILES string of the molecule is COc1ccc(-c2nnc(C)o2)cc1NC(=O)CCc1c(C)nn(C)c1C. The van der Waals surface area contributed by atoms with Gasteiger partial charge in [0.25, 0.3) is 0 Å². The van der Waals surface area contributed by atoms with Gasteiger partial charge in [0.05, 0.1) is 18.5 Å². The van der Waals surface area contributed by atoms with Crippen LogP contribution >= 0.6 is 0 Å². The number of hydrogen-bond acceptors (Lipinski definition) is 6. The van der Waals surface area contributed by atoms with Gasteiger partial charge in [-0.15, -0.1) is 10.2 Å². The quantitative estimate of drug-likeness (QED) is 0.718. The van der Waals surface area contributed by atoms with Crippen LogP contribution in [0.2, 0.25) is 0 Å². The number of hydrogen-bond donors (Lipinski definition) is 1. The highest BCUT2D eigenvalue weighted by Gasteiger charge is 2.15. The van der Waals surface area contributed by atoms with E-state index in [9.17, 15) is 4.79 Å². The van der Waals surface area contributed by atoms with Crippen molar-refractivity contribution in [3.63, 3.8) is 0 Å². The fourth-order valence-electron chi connectivity index (χ4n) is 2.98. The Morgan fingerprint density at radius 2 is 2.04 bits per heavy atom. The van der Waals surface area contributed by atoms with E-state index in [-0.39, 0.29) is 5.91 Å². The van der Waals surface area contributed by atoms with Crippen LogP contribution in [0.25, 0.3) is 11.5 Å². The molecule has 0 aliphatic heterocycles. The first-order chi connectivity index (χ1) is 12.9. The lowest BCUT2D eigenvalue weighted by Crippen LogP contribution is -2.13. The van der Waals surface area contributed by atoms with E-state index >= 15 is 0 Å². The molecule has 1 N–H and O–H groups in total. The number of nitrogens with zero attached hydrogens (tertiary/aromatic N) is 4. The molecule has 2 heterocycles. The number of rotatable bonds is 6. The lowest BCUT2D eigenvalue weighted by Gasteiger charge is -2.11. The molecular formula is C19H23N5O3. The molecule has 2 aromatic heterocycles. The minimum atomic E-state index is -0.102. The average molecular weight is 369 g/mol. The zero-order valence-electron chi connectivity index (χ0n) is 16.2. The predicted octanol–water partition coefficient (Wildman–Crippen LogP) is 2.98. The third kappa shape index (κ3) is 3.99. The monoisotopic (exact) mass is 369 g/mol. The molecule has 0 unspecified atom stereocenters. The van der Waals surface area contributed by atoms with E-state index < -0.39 is 0 Å². The van der Waals surface area contributed by atoms with Gasteiger partial charge in [0, 0.05) is 31.6 Å². The van der Waals surface area contributed by atoms with Gasteiger partial charge < -0.3 is 14.5 Å². The van der Waals surface area contributed by atoms with Crippen LogP contribution in [0.5, 0.6) is 5.75 Å². The number of anilines is 1. The molecular weight excluding hydrogens is 346 g/mol. The Morgan fingerprint density at radius 3 is 2.63 bits per heavy atom. The maximum absolute atomic E-state index is 12.5. The maximum atomic E-state index is 12.5. The van der Waals surface area contributed by atoms with Gasteiger partial charge in [0.15, 0.2) is 0 Å². The van der Waals surface area contributed by atoms with Crippen molar-refractivity contribution in [2.75, 3.05) is 12.4 Å². The lowest BCUT2D eigenvalue weighted by molar-refractivity contribution is -0.116. The molecule has 3 rings (SSSR count). The van der Waals surface area contributed by atoms with Crippen molar-refractivity contribution < 1.29 is 13.9 Å². The highest BCUT2D eigenvalue weighted by molar-refractivity contribution is 5.93. The number of benzene rings is 1. The highest BCUT2D eigenvalue weighted by Crippen LogP contribution is 2.30. The molecule has 0 spiro atoms. The smallest absolute Gasteiger partial charge is 0.247 e. The molecule has 0 fully saturated rings. The summed E-state index contributed by atoms with van der Waals surface area (Å²) in [5.41, 5.74) is 4.41. The molecule has 1 amide bonds. The molecule has 8 heteroatoms. The third-order valence-electron chi connectivity index (χ3n) is 4.51. The van der Waals surface area contributed by atoms with Gasteiger partial charge in [-0.3, -0.25) is 9.48 Å². The average Bonchev–Trinajstić information content (AvgIpc) is 3.17. The summed E-state index contributed by atoms with van der Waals surface area (Å²) in [6.45, 7) is 5.69. The van der Waals surface area contributed by atoms with Crippen molar-refractivity contribution in [3.8, 4) is 17.2 Å². The number of nitrogens with one attached hydrogen (secondary N) is 1. The van der Waals surface area contributed by atoms with Crippen molar-refractivity contribution in [1.29, 1.82) is 0 Å². The second kappa shape index (κ2) is 7.61. The fourth-order valence-corrected chi connectivity index (χ4v) is 2.98. The van der Waals surface area contributed by atoms with Crippen LogP contribution < -0.4 is 10.1 Å². The Hall–Kier alpha value is -3.16. The van der Waals surface area contributed by atoms with Crippen molar-refractivity contribution in [3.05, 3.63) is 41.0 Å². The molecule has 3 aromatic rings. The summed E-state index contributed by atoms with van der Waals surface area (Å²) >= 11 is 0. The Bertz CT molecular complexity index is 974. The number of aromatic nitrogens is 4. The van der Waals surface area contributed by atoms with Gasteiger partial charge in [0.2, 0.25) is 17.7 Å². The van der Waals surface area contributed by atoms with Crippen LogP contribution in [0.3, 0.4) is 0 Å². The standard InChI is InChI=1S/C19H23N5O3/c1-11-15(12(2)24(4)23-11)7-9-18(25)20-16-10-14(6-8-17(16)26-5)19-22-21-13(3)27-19/h6,8,10H,7,9H2,1-5H3,(H,20,25). The molecule has 8 nitrogen and oxygen atoms in total. The minimum absolute atomic E-state index is 0.102. The Kier molecular flexibility index (Phi) is 5.25. The van der Waals surface area contributed by atoms with Gasteiger partial charge in [-0.25, -0.2) is 0 Å². The molecule has 0 bridgehead atoms. The summed E-state index contributed by atoms with van der Waals surface area (Å²) in [5.74, 6) is 1.34. The first-order valence-electron chi connectivity index (χ1n) is 8.66. The number of ether oxygens (including phenoxy) is 1.